The second kappa shape index (κ2) is 6.34. The van der Waals surface area contributed by atoms with Gasteiger partial charge in [-0.05, 0) is 31.1 Å². The van der Waals surface area contributed by atoms with E-state index in [9.17, 15) is 9.90 Å². The first-order valence-electron chi connectivity index (χ1n) is 8.78. The summed E-state index contributed by atoms with van der Waals surface area (Å²) in [6, 6.07) is 5.84. The van der Waals surface area contributed by atoms with Crippen molar-refractivity contribution in [1.29, 1.82) is 0 Å². The summed E-state index contributed by atoms with van der Waals surface area (Å²) in [6.07, 6.45) is 8.75. The minimum atomic E-state index is -0.488. The third-order valence-electron chi connectivity index (χ3n) is 4.33. The van der Waals surface area contributed by atoms with Crippen molar-refractivity contribution >= 4 is 23.2 Å². The summed E-state index contributed by atoms with van der Waals surface area (Å²) in [4.78, 5) is 29.6. The quantitative estimate of drug-likeness (QED) is 0.402. The molecule has 10 nitrogen and oxygen atoms in total. The number of hydrogen-bond donors (Lipinski definition) is 4. The molecular formula is C18H16N8O2. The van der Waals surface area contributed by atoms with E-state index < -0.39 is 5.69 Å². The Hall–Kier alpha value is -3.95. The second-order valence-electron chi connectivity index (χ2n) is 6.54. The van der Waals surface area contributed by atoms with Crippen LogP contribution in [0, 0.1) is 0 Å². The van der Waals surface area contributed by atoms with Gasteiger partial charge >= 0.3 is 5.69 Å². The number of aromatic nitrogens is 6. The summed E-state index contributed by atoms with van der Waals surface area (Å²) in [5.41, 5.74) is 1.87. The first-order chi connectivity index (χ1) is 13.7. The maximum absolute atomic E-state index is 11.4. The maximum Gasteiger partial charge on any atom is 0.326 e. The largest absolute Gasteiger partial charge is 0.493 e. The normalized spacial score (nSPS) is 15.4. The minimum absolute atomic E-state index is 0.238. The second-order valence-corrected chi connectivity index (χ2v) is 6.54. The molecule has 0 bridgehead atoms. The zero-order valence-electron chi connectivity index (χ0n) is 14.6. The molecule has 28 heavy (non-hydrogen) atoms. The van der Waals surface area contributed by atoms with Crippen molar-refractivity contribution < 1.29 is 5.11 Å². The van der Waals surface area contributed by atoms with Gasteiger partial charge in [-0.3, -0.25) is 15.0 Å². The van der Waals surface area contributed by atoms with Crippen molar-refractivity contribution in [3.63, 3.8) is 0 Å². The lowest BCUT2D eigenvalue weighted by atomic mass is 10.3. The maximum atomic E-state index is 11.4. The molecule has 1 aliphatic rings. The lowest BCUT2D eigenvalue weighted by Crippen LogP contribution is -2.19. The molecule has 0 spiro atoms. The van der Waals surface area contributed by atoms with Gasteiger partial charge in [-0.15, -0.1) is 0 Å². The smallest absolute Gasteiger partial charge is 0.326 e. The molecule has 0 unspecified atom stereocenters. The third kappa shape index (κ3) is 3.11. The molecular weight excluding hydrogens is 360 g/mol. The highest BCUT2D eigenvalue weighted by atomic mass is 16.3. The van der Waals surface area contributed by atoms with Crippen LogP contribution >= 0.6 is 0 Å². The van der Waals surface area contributed by atoms with Crippen LogP contribution < -0.4 is 21.7 Å². The molecule has 1 saturated carbocycles. The van der Waals surface area contributed by atoms with Crippen molar-refractivity contribution in [3.8, 4) is 5.88 Å². The van der Waals surface area contributed by atoms with Gasteiger partial charge in [0.2, 0.25) is 5.88 Å². The van der Waals surface area contributed by atoms with Crippen LogP contribution in [-0.2, 0) is 0 Å². The highest BCUT2D eigenvalue weighted by Gasteiger charge is 2.20. The van der Waals surface area contributed by atoms with E-state index in [-0.39, 0.29) is 11.6 Å². The predicted molar refractivity (Wildman–Crippen MR) is 101 cm³/mol. The number of nitrogens with one attached hydrogen (secondary N) is 3. The number of hydrogen-bond acceptors (Lipinski definition) is 7. The molecule has 10 heteroatoms. The zero-order chi connectivity index (χ0) is 19.1. The summed E-state index contributed by atoms with van der Waals surface area (Å²) in [5.74, 6) is 0.373. The summed E-state index contributed by atoms with van der Waals surface area (Å²) in [6.45, 7) is 0. The molecule has 4 aromatic rings. The van der Waals surface area contributed by atoms with Crippen LogP contribution in [0.4, 0.5) is 11.5 Å². The predicted octanol–water partition coefficient (Wildman–Crippen LogP) is 0.201. The topological polar surface area (TPSA) is 136 Å². The van der Waals surface area contributed by atoms with Gasteiger partial charge in [0, 0.05) is 29.4 Å². The number of rotatable bonds is 4. The van der Waals surface area contributed by atoms with Gasteiger partial charge in [0.05, 0.1) is 12.2 Å². The number of anilines is 2. The fourth-order valence-electron chi connectivity index (χ4n) is 2.84. The number of nitrogens with zero attached hydrogens (tertiary/aromatic N) is 5. The molecule has 0 saturated heterocycles. The van der Waals surface area contributed by atoms with E-state index in [4.69, 9.17) is 4.99 Å². The van der Waals surface area contributed by atoms with Crippen LogP contribution in [0.3, 0.4) is 0 Å². The number of imidazole rings is 1. The average molecular weight is 376 g/mol. The standard InChI is InChI=1S/C18H16N8O2/c27-17-13(23-18(28)25-17)7-10-9-20-26-15(22-11-1-2-11)8-14(24-16(10)26)21-12-3-5-19-6-4-12/h3-9,11,27H,1-2H2,(H,19,21)(H2,23,25,28). The van der Waals surface area contributed by atoms with Crippen LogP contribution in [0.25, 0.3) is 11.7 Å². The number of pyridine rings is 1. The van der Waals surface area contributed by atoms with E-state index in [1.165, 1.54) is 0 Å². The average Bonchev–Trinajstić information content (AvgIpc) is 3.32. The summed E-state index contributed by atoms with van der Waals surface area (Å²) in [7, 11) is 0. The van der Waals surface area contributed by atoms with Gasteiger partial charge in [0.1, 0.15) is 11.5 Å². The van der Waals surface area contributed by atoms with E-state index in [0.29, 0.717) is 28.2 Å². The van der Waals surface area contributed by atoms with Gasteiger partial charge in [-0.25, -0.2) is 9.78 Å². The molecule has 1 fully saturated rings. The summed E-state index contributed by atoms with van der Waals surface area (Å²) in [5, 5.41) is 18.1. The lowest BCUT2D eigenvalue weighted by molar-refractivity contribution is 0.454. The molecule has 0 radical (unpaired) electrons. The molecule has 4 aromatic heterocycles. The van der Waals surface area contributed by atoms with E-state index in [0.717, 1.165) is 18.5 Å². The molecule has 140 valence electrons. The molecule has 0 aliphatic heterocycles. The first kappa shape index (κ1) is 16.2. The van der Waals surface area contributed by atoms with E-state index in [2.05, 4.69) is 30.4 Å². The highest BCUT2D eigenvalue weighted by molar-refractivity contribution is 5.60. The van der Waals surface area contributed by atoms with Crippen molar-refractivity contribution in [3.05, 3.63) is 63.7 Å². The van der Waals surface area contributed by atoms with Gasteiger partial charge in [0.15, 0.2) is 11.1 Å². The monoisotopic (exact) mass is 376 g/mol. The van der Waals surface area contributed by atoms with Crippen LogP contribution in [0.2, 0.25) is 0 Å². The fourth-order valence-corrected chi connectivity index (χ4v) is 2.84. The van der Waals surface area contributed by atoms with Gasteiger partial charge in [-0.2, -0.15) is 9.61 Å². The van der Waals surface area contributed by atoms with E-state index in [1.807, 2.05) is 18.2 Å². The molecule has 0 aromatic carbocycles. The van der Waals surface area contributed by atoms with Crippen LogP contribution in [0.1, 0.15) is 18.5 Å². The Balaban J connectivity index is 1.70. The Morgan fingerprint density at radius 3 is 2.82 bits per heavy atom. The van der Waals surface area contributed by atoms with Gasteiger partial charge in [-0.1, -0.05) is 0 Å². The van der Waals surface area contributed by atoms with Crippen molar-refractivity contribution in [2.45, 2.75) is 18.9 Å². The Kier molecular flexibility index (Phi) is 3.68. The Bertz CT molecular complexity index is 1330. The lowest BCUT2D eigenvalue weighted by Gasteiger charge is -2.06. The molecule has 0 atom stereocenters. The Morgan fingerprint density at radius 1 is 1.29 bits per heavy atom. The van der Waals surface area contributed by atoms with Crippen molar-refractivity contribution in [2.24, 2.45) is 4.99 Å². The fraction of sp³-hybridized carbons (Fsp3) is 0.167. The Labute approximate surface area is 157 Å². The number of fused-ring (bicyclic) bond motifs is 1. The summed E-state index contributed by atoms with van der Waals surface area (Å²) >= 11 is 0. The summed E-state index contributed by atoms with van der Waals surface area (Å²) < 4.78 is 1.66. The SMILES string of the molecule is O=c1[nH]c(O)c(C=c2cnn3c(=NC4CC4)cc(Nc4ccncc4)nc23)[nH]1. The van der Waals surface area contributed by atoms with Gasteiger partial charge in [0.25, 0.3) is 0 Å². The highest BCUT2D eigenvalue weighted by Crippen LogP contribution is 2.22. The zero-order valence-corrected chi connectivity index (χ0v) is 14.6. The molecule has 5 rings (SSSR count). The Morgan fingerprint density at radius 2 is 2.11 bits per heavy atom. The van der Waals surface area contributed by atoms with Crippen LogP contribution in [0.15, 0.2) is 46.6 Å². The molecule has 0 amide bonds. The third-order valence-corrected chi connectivity index (χ3v) is 4.33. The number of aromatic hydroxyl groups is 1. The van der Waals surface area contributed by atoms with Crippen molar-refractivity contribution in [1.82, 2.24) is 29.5 Å². The minimum Gasteiger partial charge on any atom is -0.493 e. The van der Waals surface area contributed by atoms with E-state index in [1.54, 1.807) is 29.2 Å². The number of H-pyrrole nitrogens is 2. The number of aromatic amines is 2. The van der Waals surface area contributed by atoms with Crippen LogP contribution in [-0.4, -0.2) is 40.7 Å². The van der Waals surface area contributed by atoms with Crippen molar-refractivity contribution in [2.75, 3.05) is 5.32 Å². The molecule has 4 heterocycles. The van der Waals surface area contributed by atoms with Gasteiger partial charge < -0.3 is 15.4 Å². The molecule has 1 aliphatic carbocycles. The molecule has 4 N–H and O–H groups in total. The van der Waals surface area contributed by atoms with Crippen LogP contribution in [0.5, 0.6) is 5.88 Å². The van der Waals surface area contributed by atoms with E-state index >= 15 is 0 Å². The first-order valence-corrected chi connectivity index (χ1v) is 8.78.